The van der Waals surface area contributed by atoms with Crippen LogP contribution in [-0.2, 0) is 9.53 Å². The summed E-state index contributed by atoms with van der Waals surface area (Å²) in [5.74, 6) is 0.169. The van der Waals surface area contributed by atoms with Gasteiger partial charge in [-0.25, -0.2) is 4.79 Å². The molecule has 0 spiro atoms. The van der Waals surface area contributed by atoms with Gasteiger partial charge in [0.15, 0.2) is 23.9 Å². The maximum Gasteiger partial charge on any atom is 0.331 e. The van der Waals surface area contributed by atoms with Gasteiger partial charge in [0.05, 0.1) is 0 Å². The van der Waals surface area contributed by atoms with E-state index in [0.717, 1.165) is 5.56 Å². The van der Waals surface area contributed by atoms with Crippen LogP contribution in [0.1, 0.15) is 15.9 Å². The Balaban J connectivity index is 1.55. The number of rotatable bonds is 5. The number of carbonyl (C=O) groups is 2. The minimum atomic E-state index is -0.607. The standard InChI is InChI=1S/C18H13ClO5/c19-14-3-1-2-12(8-14)4-7-18(21)22-10-15(20)13-5-6-16-17(9-13)24-11-23-16/h1-9H,10-11H2/b7-4+. The predicted molar refractivity (Wildman–Crippen MR) is 88.3 cm³/mol. The van der Waals surface area contributed by atoms with Crippen molar-refractivity contribution >= 4 is 29.4 Å². The third-order valence-corrected chi connectivity index (χ3v) is 3.54. The Bertz CT molecular complexity index is 813. The van der Waals surface area contributed by atoms with Crippen molar-refractivity contribution < 1.29 is 23.8 Å². The van der Waals surface area contributed by atoms with E-state index in [1.807, 2.05) is 0 Å². The van der Waals surface area contributed by atoms with Crippen LogP contribution in [0.4, 0.5) is 0 Å². The largest absolute Gasteiger partial charge is 0.454 e. The van der Waals surface area contributed by atoms with E-state index in [1.165, 1.54) is 6.08 Å². The first-order valence-corrected chi connectivity index (χ1v) is 7.53. The Kier molecular flexibility index (Phi) is 4.82. The summed E-state index contributed by atoms with van der Waals surface area (Å²) >= 11 is 5.86. The molecule has 1 aliphatic rings. The van der Waals surface area contributed by atoms with E-state index in [0.29, 0.717) is 22.1 Å². The van der Waals surface area contributed by atoms with Crippen LogP contribution in [0, 0.1) is 0 Å². The Labute approximate surface area is 143 Å². The quantitative estimate of drug-likeness (QED) is 0.472. The number of halogens is 1. The van der Waals surface area contributed by atoms with Gasteiger partial charge in [0.25, 0.3) is 0 Å². The summed E-state index contributed by atoms with van der Waals surface area (Å²) < 4.78 is 15.3. The third-order valence-electron chi connectivity index (χ3n) is 3.30. The van der Waals surface area contributed by atoms with Gasteiger partial charge in [-0.1, -0.05) is 23.7 Å². The van der Waals surface area contributed by atoms with E-state index in [4.69, 9.17) is 25.8 Å². The Morgan fingerprint density at radius 3 is 2.79 bits per heavy atom. The number of esters is 1. The topological polar surface area (TPSA) is 61.8 Å². The predicted octanol–water partition coefficient (Wildman–Crippen LogP) is 3.51. The molecule has 3 rings (SSSR count). The molecule has 0 saturated carbocycles. The van der Waals surface area contributed by atoms with Crippen LogP contribution < -0.4 is 9.47 Å². The van der Waals surface area contributed by atoms with Gasteiger partial charge in [-0.05, 0) is 42.0 Å². The first kappa shape index (κ1) is 16.1. The second kappa shape index (κ2) is 7.19. The number of benzene rings is 2. The molecule has 0 amide bonds. The molecule has 5 nitrogen and oxygen atoms in total. The third kappa shape index (κ3) is 3.94. The maximum absolute atomic E-state index is 12.1. The molecule has 0 atom stereocenters. The van der Waals surface area contributed by atoms with Crippen LogP contribution in [0.15, 0.2) is 48.5 Å². The summed E-state index contributed by atoms with van der Waals surface area (Å²) in [6, 6.07) is 11.8. The average molecular weight is 345 g/mol. The molecule has 24 heavy (non-hydrogen) atoms. The van der Waals surface area contributed by atoms with Gasteiger partial charge in [-0.2, -0.15) is 0 Å². The van der Waals surface area contributed by atoms with Crippen molar-refractivity contribution in [2.24, 2.45) is 0 Å². The zero-order chi connectivity index (χ0) is 16.9. The fourth-order valence-corrected chi connectivity index (χ4v) is 2.31. The molecule has 2 aromatic rings. The number of ether oxygens (including phenoxy) is 3. The van der Waals surface area contributed by atoms with E-state index >= 15 is 0 Å². The fraction of sp³-hybridized carbons (Fsp3) is 0.111. The van der Waals surface area contributed by atoms with Crippen molar-refractivity contribution in [3.05, 3.63) is 64.7 Å². The van der Waals surface area contributed by atoms with E-state index in [1.54, 1.807) is 48.5 Å². The highest BCUT2D eigenvalue weighted by Gasteiger charge is 2.16. The smallest absolute Gasteiger partial charge is 0.331 e. The highest BCUT2D eigenvalue weighted by molar-refractivity contribution is 6.30. The summed E-state index contributed by atoms with van der Waals surface area (Å²) in [6.07, 6.45) is 2.82. The molecule has 1 heterocycles. The summed E-state index contributed by atoms with van der Waals surface area (Å²) in [5, 5.41) is 0.573. The van der Waals surface area contributed by atoms with Crippen LogP contribution >= 0.6 is 11.6 Å². The Morgan fingerprint density at radius 1 is 1.12 bits per heavy atom. The molecular formula is C18H13ClO5. The monoisotopic (exact) mass is 344 g/mol. The van der Waals surface area contributed by atoms with Crippen LogP contribution in [0.25, 0.3) is 6.08 Å². The lowest BCUT2D eigenvalue weighted by atomic mass is 10.1. The van der Waals surface area contributed by atoms with Gasteiger partial charge < -0.3 is 14.2 Å². The van der Waals surface area contributed by atoms with E-state index in [9.17, 15) is 9.59 Å². The molecular weight excluding hydrogens is 332 g/mol. The van der Waals surface area contributed by atoms with Gasteiger partial charge in [0, 0.05) is 16.7 Å². The molecule has 0 aromatic heterocycles. The van der Waals surface area contributed by atoms with Crippen molar-refractivity contribution in [1.82, 2.24) is 0 Å². The van der Waals surface area contributed by atoms with Crippen LogP contribution in [0.5, 0.6) is 11.5 Å². The number of Topliss-reactive ketones (excluding diaryl/α,β-unsaturated/α-hetero) is 1. The summed E-state index contributed by atoms with van der Waals surface area (Å²) in [5.41, 5.74) is 1.16. The van der Waals surface area contributed by atoms with E-state index in [2.05, 4.69) is 0 Å². The number of ketones is 1. The minimum Gasteiger partial charge on any atom is -0.454 e. The first-order valence-electron chi connectivity index (χ1n) is 7.15. The van der Waals surface area contributed by atoms with Gasteiger partial charge in [0.1, 0.15) is 0 Å². The van der Waals surface area contributed by atoms with Crippen molar-refractivity contribution in [2.75, 3.05) is 13.4 Å². The first-order chi connectivity index (χ1) is 11.6. The second-order valence-electron chi connectivity index (χ2n) is 4.99. The van der Waals surface area contributed by atoms with Crippen molar-refractivity contribution in [3.8, 4) is 11.5 Å². The van der Waals surface area contributed by atoms with Crippen LogP contribution in [0.2, 0.25) is 5.02 Å². The lowest BCUT2D eigenvalue weighted by Crippen LogP contribution is -2.12. The SMILES string of the molecule is O=C(/C=C/c1cccc(Cl)c1)OCC(=O)c1ccc2c(c1)OCO2. The van der Waals surface area contributed by atoms with Crippen LogP contribution in [-0.4, -0.2) is 25.2 Å². The highest BCUT2D eigenvalue weighted by Crippen LogP contribution is 2.32. The molecule has 2 aromatic carbocycles. The normalized spacial score (nSPS) is 12.4. The lowest BCUT2D eigenvalue weighted by molar-refractivity contribution is -0.136. The van der Waals surface area contributed by atoms with Gasteiger partial charge >= 0.3 is 5.97 Å². The number of hydrogen-bond donors (Lipinski definition) is 0. The zero-order valence-electron chi connectivity index (χ0n) is 12.5. The number of fused-ring (bicyclic) bond motifs is 1. The summed E-state index contributed by atoms with van der Waals surface area (Å²) in [7, 11) is 0. The summed E-state index contributed by atoms with van der Waals surface area (Å²) in [6.45, 7) is -0.214. The molecule has 1 aliphatic heterocycles. The molecule has 0 aliphatic carbocycles. The van der Waals surface area contributed by atoms with E-state index < -0.39 is 5.97 Å². The lowest BCUT2D eigenvalue weighted by Gasteiger charge is -2.03. The molecule has 0 N–H and O–H groups in total. The second-order valence-corrected chi connectivity index (χ2v) is 5.42. The van der Waals surface area contributed by atoms with E-state index in [-0.39, 0.29) is 19.2 Å². The molecule has 0 unspecified atom stereocenters. The van der Waals surface area contributed by atoms with Crippen molar-refractivity contribution in [3.63, 3.8) is 0 Å². The Hall–Kier alpha value is -2.79. The molecule has 0 saturated heterocycles. The molecule has 0 bridgehead atoms. The van der Waals surface area contributed by atoms with Crippen molar-refractivity contribution in [2.45, 2.75) is 0 Å². The molecule has 6 heteroatoms. The zero-order valence-corrected chi connectivity index (χ0v) is 13.3. The number of hydrogen-bond acceptors (Lipinski definition) is 5. The average Bonchev–Trinajstić information content (AvgIpc) is 3.05. The highest BCUT2D eigenvalue weighted by atomic mass is 35.5. The molecule has 0 fully saturated rings. The maximum atomic E-state index is 12.1. The van der Waals surface area contributed by atoms with Gasteiger partial charge in [-0.3, -0.25) is 4.79 Å². The minimum absolute atomic E-state index is 0.135. The van der Waals surface area contributed by atoms with Crippen molar-refractivity contribution in [1.29, 1.82) is 0 Å². The molecule has 0 radical (unpaired) electrons. The van der Waals surface area contributed by atoms with Gasteiger partial charge in [-0.15, -0.1) is 0 Å². The molecule has 122 valence electrons. The van der Waals surface area contributed by atoms with Gasteiger partial charge in [0.2, 0.25) is 6.79 Å². The number of carbonyl (C=O) groups excluding carboxylic acids is 2. The Morgan fingerprint density at radius 2 is 1.96 bits per heavy atom. The van der Waals surface area contributed by atoms with Crippen LogP contribution in [0.3, 0.4) is 0 Å². The summed E-state index contributed by atoms with van der Waals surface area (Å²) in [4.78, 5) is 23.7. The fourth-order valence-electron chi connectivity index (χ4n) is 2.11.